The normalized spacial score (nSPS) is 15.9. The van der Waals surface area contributed by atoms with E-state index in [1.807, 2.05) is 48.7 Å². The fraction of sp³-hybridized carbons (Fsp3) is 0.280. The van der Waals surface area contributed by atoms with Crippen LogP contribution in [0.2, 0.25) is 0 Å². The van der Waals surface area contributed by atoms with Gasteiger partial charge < -0.3 is 28.3 Å². The smallest absolute Gasteiger partial charge is 0.338 e. The predicted molar refractivity (Wildman–Crippen MR) is 117 cm³/mol. The molecule has 0 N–H and O–H groups in total. The Labute approximate surface area is 190 Å². The molecule has 0 saturated carbocycles. The number of aryl methyl sites for hydroxylation is 1. The zero-order valence-corrected chi connectivity index (χ0v) is 18.3. The van der Waals surface area contributed by atoms with E-state index in [0.29, 0.717) is 41.5 Å². The number of nitrogens with zero attached hydrogens (tertiary/aromatic N) is 1. The lowest BCUT2D eigenvalue weighted by Crippen LogP contribution is -2.33. The van der Waals surface area contributed by atoms with Gasteiger partial charge in [-0.1, -0.05) is 12.1 Å². The quantitative estimate of drug-likeness (QED) is 0.419. The topological polar surface area (TPSA) is 85.2 Å². The first-order valence-corrected chi connectivity index (χ1v) is 10.6. The van der Waals surface area contributed by atoms with Crippen LogP contribution in [0.5, 0.6) is 23.0 Å². The van der Waals surface area contributed by atoms with Crippen LogP contribution in [0.25, 0.3) is 0 Å². The number of ketones is 1. The Bertz CT molecular complexity index is 1230. The van der Waals surface area contributed by atoms with E-state index in [1.165, 1.54) is 0 Å². The Hall–Kier alpha value is -3.94. The largest absolute Gasteiger partial charge is 0.486 e. The van der Waals surface area contributed by atoms with Crippen molar-refractivity contribution >= 4 is 11.8 Å². The number of Topliss-reactive ketones (excluding diaryl/α,β-unsaturated/α-hetero) is 1. The third-order valence-corrected chi connectivity index (χ3v) is 5.77. The molecule has 5 rings (SSSR count). The summed E-state index contributed by atoms with van der Waals surface area (Å²) in [6, 6.07) is 14.1. The van der Waals surface area contributed by atoms with E-state index in [2.05, 4.69) is 0 Å². The molecule has 2 aliphatic rings. The van der Waals surface area contributed by atoms with Crippen molar-refractivity contribution in [2.24, 2.45) is 0 Å². The summed E-state index contributed by atoms with van der Waals surface area (Å²) in [6.45, 7) is 4.53. The van der Waals surface area contributed by atoms with Gasteiger partial charge in [0.1, 0.15) is 6.61 Å². The van der Waals surface area contributed by atoms with Crippen LogP contribution in [0.3, 0.4) is 0 Å². The first-order valence-electron chi connectivity index (χ1n) is 10.6. The van der Waals surface area contributed by atoms with Crippen molar-refractivity contribution in [3.63, 3.8) is 0 Å². The second-order valence-corrected chi connectivity index (χ2v) is 7.96. The molecule has 8 heteroatoms. The van der Waals surface area contributed by atoms with Gasteiger partial charge in [-0.2, -0.15) is 0 Å². The van der Waals surface area contributed by atoms with E-state index >= 15 is 0 Å². The Morgan fingerprint density at radius 2 is 1.73 bits per heavy atom. The van der Waals surface area contributed by atoms with Crippen LogP contribution >= 0.6 is 0 Å². The number of hydrogen-bond donors (Lipinski definition) is 0. The number of ether oxygens (including phenoxy) is 5. The van der Waals surface area contributed by atoms with Gasteiger partial charge in [-0.25, -0.2) is 4.79 Å². The van der Waals surface area contributed by atoms with Gasteiger partial charge in [-0.05, 0) is 50.2 Å². The number of carbonyl (C=O) groups excluding carboxylic acids is 2. The molecule has 0 aliphatic carbocycles. The van der Waals surface area contributed by atoms with Gasteiger partial charge >= 0.3 is 5.97 Å². The Morgan fingerprint density at radius 3 is 2.58 bits per heavy atom. The summed E-state index contributed by atoms with van der Waals surface area (Å²) in [6.07, 6.45) is -0.184. The van der Waals surface area contributed by atoms with Gasteiger partial charge in [0.15, 0.2) is 35.7 Å². The standard InChI is InChI=1S/C25H23NO7/c1-15-9-19(16(2)26(15)11-18-12-29-21-5-3-4-6-23(21)33-18)20(27)13-30-25(28)17-7-8-22-24(10-17)32-14-31-22/h3-10,18H,11-14H2,1-2H3/t18-/m0/s1. The molecule has 1 atom stereocenters. The van der Waals surface area contributed by atoms with E-state index in [-0.39, 0.29) is 25.3 Å². The molecule has 8 nitrogen and oxygen atoms in total. The van der Waals surface area contributed by atoms with E-state index in [9.17, 15) is 9.59 Å². The lowest BCUT2D eigenvalue weighted by Gasteiger charge is -2.27. The maximum Gasteiger partial charge on any atom is 0.338 e. The minimum atomic E-state index is -0.595. The number of esters is 1. The van der Waals surface area contributed by atoms with Gasteiger partial charge in [0.05, 0.1) is 12.1 Å². The summed E-state index contributed by atoms with van der Waals surface area (Å²) in [5.41, 5.74) is 2.52. The fourth-order valence-corrected chi connectivity index (χ4v) is 4.04. The second-order valence-electron chi connectivity index (χ2n) is 7.96. The number of fused-ring (bicyclic) bond motifs is 2. The van der Waals surface area contributed by atoms with Crippen LogP contribution in [0, 0.1) is 13.8 Å². The summed E-state index contributed by atoms with van der Waals surface area (Å²) in [5, 5.41) is 0. The first-order chi connectivity index (χ1) is 16.0. The summed E-state index contributed by atoms with van der Waals surface area (Å²) < 4.78 is 29.7. The predicted octanol–water partition coefficient (Wildman–Crippen LogP) is 3.71. The van der Waals surface area contributed by atoms with Crippen molar-refractivity contribution in [3.8, 4) is 23.0 Å². The van der Waals surface area contributed by atoms with Crippen molar-refractivity contribution in [2.45, 2.75) is 26.5 Å². The Morgan fingerprint density at radius 1 is 0.970 bits per heavy atom. The SMILES string of the molecule is Cc1cc(C(=O)COC(=O)c2ccc3c(c2)OCO3)c(C)n1C[C@H]1COc2ccccc2O1. The number of benzene rings is 2. The summed E-state index contributed by atoms with van der Waals surface area (Å²) >= 11 is 0. The molecule has 3 aromatic rings. The fourth-order valence-electron chi connectivity index (χ4n) is 4.04. The monoisotopic (exact) mass is 449 g/mol. The van der Waals surface area contributed by atoms with E-state index < -0.39 is 5.97 Å². The molecule has 1 aromatic heterocycles. The van der Waals surface area contributed by atoms with Gasteiger partial charge in [-0.3, -0.25) is 4.79 Å². The zero-order chi connectivity index (χ0) is 22.9. The van der Waals surface area contributed by atoms with Crippen LogP contribution in [0.4, 0.5) is 0 Å². The van der Waals surface area contributed by atoms with Crippen molar-refractivity contribution in [3.05, 3.63) is 71.0 Å². The highest BCUT2D eigenvalue weighted by molar-refractivity contribution is 6.00. The number of hydrogen-bond acceptors (Lipinski definition) is 7. The molecule has 170 valence electrons. The van der Waals surface area contributed by atoms with Crippen molar-refractivity contribution < 1.29 is 33.3 Å². The van der Waals surface area contributed by atoms with E-state index in [4.69, 9.17) is 23.7 Å². The molecular weight excluding hydrogens is 426 g/mol. The number of para-hydroxylation sites is 2. The maximum absolute atomic E-state index is 12.8. The third kappa shape index (κ3) is 4.11. The average Bonchev–Trinajstić information content (AvgIpc) is 3.41. The molecule has 0 radical (unpaired) electrons. The van der Waals surface area contributed by atoms with Gasteiger partial charge in [0.2, 0.25) is 12.6 Å². The first kappa shape index (κ1) is 20.9. The van der Waals surface area contributed by atoms with E-state index in [1.54, 1.807) is 18.2 Å². The lowest BCUT2D eigenvalue weighted by atomic mass is 10.1. The molecule has 2 aromatic carbocycles. The molecule has 33 heavy (non-hydrogen) atoms. The lowest BCUT2D eigenvalue weighted by molar-refractivity contribution is 0.0474. The minimum Gasteiger partial charge on any atom is -0.486 e. The number of rotatable bonds is 6. The zero-order valence-electron chi connectivity index (χ0n) is 18.3. The Balaban J connectivity index is 1.23. The summed E-state index contributed by atoms with van der Waals surface area (Å²) in [5.74, 6) is 1.64. The summed E-state index contributed by atoms with van der Waals surface area (Å²) in [4.78, 5) is 25.2. The second kappa shape index (κ2) is 8.54. The number of aromatic nitrogens is 1. The van der Waals surface area contributed by atoms with Gasteiger partial charge in [-0.15, -0.1) is 0 Å². The molecule has 3 heterocycles. The summed E-state index contributed by atoms with van der Waals surface area (Å²) in [7, 11) is 0. The highest BCUT2D eigenvalue weighted by Crippen LogP contribution is 2.33. The Kier molecular flexibility index (Phi) is 5.42. The maximum atomic E-state index is 12.8. The minimum absolute atomic E-state index is 0.118. The molecule has 0 saturated heterocycles. The van der Waals surface area contributed by atoms with Gasteiger partial charge in [0, 0.05) is 17.0 Å². The van der Waals surface area contributed by atoms with Crippen LogP contribution in [-0.2, 0) is 11.3 Å². The molecule has 2 aliphatic heterocycles. The highest BCUT2D eigenvalue weighted by Gasteiger charge is 2.24. The molecule has 0 amide bonds. The highest BCUT2D eigenvalue weighted by atomic mass is 16.7. The molecule has 0 fully saturated rings. The van der Waals surface area contributed by atoms with Crippen LogP contribution in [-0.4, -0.2) is 42.4 Å². The van der Waals surface area contributed by atoms with Gasteiger partial charge in [0.25, 0.3) is 0 Å². The van der Waals surface area contributed by atoms with Crippen molar-refractivity contribution in [1.82, 2.24) is 4.57 Å². The van der Waals surface area contributed by atoms with Crippen molar-refractivity contribution in [1.29, 1.82) is 0 Å². The molecule has 0 bridgehead atoms. The van der Waals surface area contributed by atoms with E-state index in [0.717, 1.165) is 17.1 Å². The average molecular weight is 449 g/mol. The van der Waals surface area contributed by atoms with Crippen LogP contribution < -0.4 is 18.9 Å². The van der Waals surface area contributed by atoms with Crippen LogP contribution in [0.1, 0.15) is 32.1 Å². The number of carbonyl (C=O) groups is 2. The molecule has 0 spiro atoms. The van der Waals surface area contributed by atoms with Crippen LogP contribution in [0.15, 0.2) is 48.5 Å². The molecular formula is C25H23NO7. The van der Waals surface area contributed by atoms with Crippen molar-refractivity contribution in [2.75, 3.05) is 20.0 Å². The molecule has 0 unspecified atom stereocenters. The third-order valence-electron chi connectivity index (χ3n) is 5.77.